The van der Waals surface area contributed by atoms with Gasteiger partial charge in [-0.2, -0.15) is 0 Å². The third-order valence-electron chi connectivity index (χ3n) is 2.06. The van der Waals surface area contributed by atoms with Gasteiger partial charge in [-0.15, -0.1) is 11.3 Å². The van der Waals surface area contributed by atoms with Crippen molar-refractivity contribution in [1.29, 1.82) is 0 Å². The first-order valence-corrected chi connectivity index (χ1v) is 7.00. The number of allylic oxidation sites excluding steroid dienone is 1. The van der Waals surface area contributed by atoms with E-state index in [0.29, 0.717) is 6.42 Å². The minimum atomic E-state index is -1.06. The molecule has 6 nitrogen and oxygen atoms in total. The topological polar surface area (TPSA) is 88.5 Å². The molecule has 7 heteroatoms. The molecule has 110 valence electrons. The number of carbonyl (C=O) groups is 2. The van der Waals surface area contributed by atoms with Crippen LogP contribution in [0.4, 0.5) is 0 Å². The molecule has 0 atom stereocenters. The van der Waals surface area contributed by atoms with Crippen LogP contribution in [0.1, 0.15) is 49.6 Å². The number of nitrogens with zero attached hydrogens (tertiary/aromatic N) is 1. The number of carboxylic acid groups (broad SMARTS) is 1. The van der Waals surface area contributed by atoms with Crippen molar-refractivity contribution in [3.05, 3.63) is 22.2 Å². The predicted molar refractivity (Wildman–Crippen MR) is 76.3 cm³/mol. The van der Waals surface area contributed by atoms with Crippen LogP contribution in [0.2, 0.25) is 0 Å². The summed E-state index contributed by atoms with van der Waals surface area (Å²) in [6, 6.07) is 0. The third kappa shape index (κ3) is 4.75. The van der Waals surface area contributed by atoms with E-state index in [9.17, 15) is 9.59 Å². The van der Waals surface area contributed by atoms with E-state index in [2.05, 4.69) is 10.5 Å². The first-order valence-electron chi connectivity index (χ1n) is 6.12. The molecule has 1 aromatic rings. The summed E-state index contributed by atoms with van der Waals surface area (Å²) in [5.41, 5.74) is 2.16. The maximum atomic E-state index is 11.8. The Morgan fingerprint density at radius 2 is 2.15 bits per heavy atom. The number of thiazole rings is 1. The third-order valence-corrected chi connectivity index (χ3v) is 2.90. The van der Waals surface area contributed by atoms with Gasteiger partial charge in [0.15, 0.2) is 5.01 Å². The Balaban J connectivity index is 2.84. The van der Waals surface area contributed by atoms with Crippen molar-refractivity contribution < 1.29 is 19.5 Å². The highest BCUT2D eigenvalue weighted by atomic mass is 32.1. The van der Waals surface area contributed by atoms with Gasteiger partial charge in [-0.1, -0.05) is 13.0 Å². The van der Waals surface area contributed by atoms with Crippen LogP contribution in [0.15, 0.2) is 11.5 Å². The summed E-state index contributed by atoms with van der Waals surface area (Å²) in [5, 5.41) is 10.8. The van der Waals surface area contributed by atoms with Crippen molar-refractivity contribution in [3.63, 3.8) is 0 Å². The summed E-state index contributed by atoms with van der Waals surface area (Å²) in [7, 11) is 0. The fraction of sp³-hybridized carbons (Fsp3) is 0.462. The number of rotatable bonds is 5. The first-order chi connectivity index (χ1) is 9.24. The largest absolute Gasteiger partial charge is 0.478 e. The van der Waals surface area contributed by atoms with Crippen LogP contribution in [-0.2, 0) is 9.63 Å². The molecular weight excluding hydrogens is 280 g/mol. The van der Waals surface area contributed by atoms with Gasteiger partial charge in [0, 0.05) is 5.38 Å². The van der Waals surface area contributed by atoms with E-state index in [-0.39, 0.29) is 16.3 Å². The number of carbonyl (C=O) groups excluding carboxylic acids is 1. The number of hydrogen-bond acceptors (Lipinski definition) is 5. The molecule has 0 aliphatic rings. The van der Waals surface area contributed by atoms with E-state index in [1.165, 1.54) is 0 Å². The van der Waals surface area contributed by atoms with Gasteiger partial charge in [-0.3, -0.25) is 9.63 Å². The van der Waals surface area contributed by atoms with E-state index in [4.69, 9.17) is 9.94 Å². The average Bonchev–Trinajstić information content (AvgIpc) is 2.80. The molecule has 1 amide bonds. The number of aromatic nitrogens is 1. The zero-order valence-electron chi connectivity index (χ0n) is 11.9. The fourth-order valence-electron chi connectivity index (χ4n) is 1.25. The summed E-state index contributed by atoms with van der Waals surface area (Å²) in [4.78, 5) is 32.1. The Labute approximate surface area is 121 Å². The van der Waals surface area contributed by atoms with E-state index in [0.717, 1.165) is 11.3 Å². The maximum absolute atomic E-state index is 11.8. The SMILES string of the molecule is CCC=C(C(=O)O)c1csc(C(=O)NOC(C)(C)C)n1. The lowest BCUT2D eigenvalue weighted by Crippen LogP contribution is -2.33. The van der Waals surface area contributed by atoms with E-state index in [1.807, 2.05) is 6.92 Å². The Kier molecular flexibility index (Phi) is 5.41. The second-order valence-electron chi connectivity index (χ2n) is 5.01. The number of aliphatic carboxylic acids is 1. The molecule has 0 bridgehead atoms. The van der Waals surface area contributed by atoms with Crippen molar-refractivity contribution >= 4 is 28.8 Å². The summed E-state index contributed by atoms with van der Waals surface area (Å²) < 4.78 is 0. The quantitative estimate of drug-likeness (QED) is 0.644. The molecule has 0 radical (unpaired) electrons. The van der Waals surface area contributed by atoms with Gasteiger partial charge in [-0.05, 0) is 27.2 Å². The number of hydroxylamine groups is 1. The summed E-state index contributed by atoms with van der Waals surface area (Å²) >= 11 is 1.07. The number of amides is 1. The molecule has 0 fully saturated rings. The number of hydrogen-bond donors (Lipinski definition) is 2. The highest BCUT2D eigenvalue weighted by molar-refractivity contribution is 7.11. The van der Waals surface area contributed by atoms with Gasteiger partial charge in [0.2, 0.25) is 0 Å². The van der Waals surface area contributed by atoms with Gasteiger partial charge in [-0.25, -0.2) is 15.3 Å². The van der Waals surface area contributed by atoms with Crippen molar-refractivity contribution in [1.82, 2.24) is 10.5 Å². The maximum Gasteiger partial charge on any atom is 0.337 e. The molecule has 0 aromatic carbocycles. The number of nitrogens with one attached hydrogen (secondary N) is 1. The van der Waals surface area contributed by atoms with Gasteiger partial charge in [0.1, 0.15) is 0 Å². The molecular formula is C13H18N2O4S. The number of carboxylic acids is 1. The Hall–Kier alpha value is -1.73. The van der Waals surface area contributed by atoms with Crippen LogP contribution < -0.4 is 5.48 Å². The highest BCUT2D eigenvalue weighted by Crippen LogP contribution is 2.19. The molecule has 0 unspecified atom stereocenters. The Bertz CT molecular complexity index is 529. The normalized spacial score (nSPS) is 12.3. The van der Waals surface area contributed by atoms with Gasteiger partial charge in [0.25, 0.3) is 0 Å². The van der Waals surface area contributed by atoms with Crippen molar-refractivity contribution in [2.24, 2.45) is 0 Å². The van der Waals surface area contributed by atoms with Gasteiger partial charge >= 0.3 is 11.9 Å². The molecule has 2 N–H and O–H groups in total. The summed E-state index contributed by atoms with van der Waals surface area (Å²) in [6.45, 7) is 7.23. The van der Waals surface area contributed by atoms with Crippen molar-refractivity contribution in [3.8, 4) is 0 Å². The zero-order chi connectivity index (χ0) is 15.3. The first kappa shape index (κ1) is 16.3. The van der Waals surface area contributed by atoms with E-state index >= 15 is 0 Å². The van der Waals surface area contributed by atoms with Gasteiger partial charge in [0.05, 0.1) is 16.9 Å². The fourth-order valence-corrected chi connectivity index (χ4v) is 1.95. The lowest BCUT2D eigenvalue weighted by molar-refractivity contribution is -0.130. The monoisotopic (exact) mass is 298 g/mol. The van der Waals surface area contributed by atoms with Gasteiger partial charge < -0.3 is 5.11 Å². The summed E-state index contributed by atoms with van der Waals surface area (Å²) in [5.74, 6) is -1.55. The van der Waals surface area contributed by atoms with Crippen LogP contribution >= 0.6 is 11.3 Å². The zero-order valence-corrected chi connectivity index (χ0v) is 12.7. The molecule has 1 rings (SSSR count). The summed E-state index contributed by atoms with van der Waals surface area (Å²) in [6.07, 6.45) is 2.14. The van der Waals surface area contributed by atoms with Crippen LogP contribution in [0.25, 0.3) is 5.57 Å². The molecule has 1 aromatic heterocycles. The lowest BCUT2D eigenvalue weighted by Gasteiger charge is -2.18. The van der Waals surface area contributed by atoms with Crippen LogP contribution in [0.3, 0.4) is 0 Å². The molecule has 0 spiro atoms. The minimum absolute atomic E-state index is 0.0968. The Morgan fingerprint density at radius 1 is 1.50 bits per heavy atom. The second-order valence-corrected chi connectivity index (χ2v) is 5.87. The highest BCUT2D eigenvalue weighted by Gasteiger charge is 2.19. The predicted octanol–water partition coefficient (Wildman–Crippen LogP) is 2.48. The lowest BCUT2D eigenvalue weighted by atomic mass is 10.2. The molecule has 0 aliphatic heterocycles. The molecule has 0 saturated carbocycles. The molecule has 0 aliphatic carbocycles. The molecule has 0 saturated heterocycles. The average molecular weight is 298 g/mol. The minimum Gasteiger partial charge on any atom is -0.478 e. The van der Waals surface area contributed by atoms with Crippen molar-refractivity contribution in [2.45, 2.75) is 39.7 Å². The van der Waals surface area contributed by atoms with E-state index < -0.39 is 17.5 Å². The molecule has 1 heterocycles. The van der Waals surface area contributed by atoms with Crippen LogP contribution in [0.5, 0.6) is 0 Å². The van der Waals surface area contributed by atoms with E-state index in [1.54, 1.807) is 32.2 Å². The molecule has 20 heavy (non-hydrogen) atoms. The second kappa shape index (κ2) is 6.62. The van der Waals surface area contributed by atoms with Crippen LogP contribution in [0, 0.1) is 0 Å². The van der Waals surface area contributed by atoms with Crippen molar-refractivity contribution in [2.75, 3.05) is 0 Å². The smallest absolute Gasteiger partial charge is 0.337 e. The van der Waals surface area contributed by atoms with Crippen LogP contribution in [-0.4, -0.2) is 27.6 Å². The Morgan fingerprint density at radius 3 is 2.65 bits per heavy atom. The standard InChI is InChI=1S/C13H18N2O4S/c1-5-6-8(12(17)18)9-7-20-11(14-9)10(16)15-19-13(2,3)4/h6-7H,5H2,1-4H3,(H,15,16)(H,17,18).